The Kier molecular flexibility index (Phi) is 14.0. The van der Waals surface area contributed by atoms with Gasteiger partial charge in [-0.15, -0.1) is 6.58 Å². The minimum absolute atomic E-state index is 0.134. The lowest BCUT2D eigenvalue weighted by Gasteiger charge is -2.20. The van der Waals surface area contributed by atoms with E-state index in [1.165, 1.54) is 30.7 Å². The molecule has 0 aromatic heterocycles. The summed E-state index contributed by atoms with van der Waals surface area (Å²) in [5.74, 6) is 0.134. The normalized spacial score (nSPS) is 10.5. The molecule has 0 unspecified atom stereocenters. The van der Waals surface area contributed by atoms with E-state index in [0.29, 0.717) is 19.6 Å². The zero-order valence-electron chi connectivity index (χ0n) is 13.5. The highest BCUT2D eigenvalue weighted by Gasteiger charge is 2.11. The molecule has 0 spiro atoms. The van der Waals surface area contributed by atoms with Gasteiger partial charge in [0.1, 0.15) is 0 Å². The molecule has 0 aliphatic carbocycles. The van der Waals surface area contributed by atoms with E-state index in [1.807, 2.05) is 13.0 Å². The summed E-state index contributed by atoms with van der Waals surface area (Å²) in [6.07, 6.45) is 12.8. The van der Waals surface area contributed by atoms with Crippen LogP contribution in [0, 0.1) is 0 Å². The summed E-state index contributed by atoms with van der Waals surface area (Å²) in [7, 11) is 0. The third-order valence-corrected chi connectivity index (χ3v) is 3.36. The van der Waals surface area contributed by atoms with Crippen LogP contribution in [0.25, 0.3) is 0 Å². The summed E-state index contributed by atoms with van der Waals surface area (Å²) >= 11 is 0. The number of allylic oxidation sites excluding steroid dienone is 1. The van der Waals surface area contributed by atoms with E-state index in [9.17, 15) is 4.79 Å². The Bertz CT molecular complexity index is 241. The van der Waals surface area contributed by atoms with Gasteiger partial charge in [0.05, 0.1) is 6.61 Å². The lowest BCUT2D eigenvalue weighted by molar-refractivity contribution is -0.185. The summed E-state index contributed by atoms with van der Waals surface area (Å²) in [5.41, 5.74) is 0. The molecule has 3 heteroatoms. The molecule has 0 atom stereocenters. The highest BCUT2D eigenvalue weighted by molar-refractivity contribution is 5.74. The molecule has 3 nitrogen and oxygen atoms in total. The topological polar surface area (TPSA) is 29.5 Å². The van der Waals surface area contributed by atoms with Gasteiger partial charge in [-0.1, -0.05) is 45.1 Å². The van der Waals surface area contributed by atoms with Crippen molar-refractivity contribution >= 4 is 5.91 Å². The van der Waals surface area contributed by atoms with Crippen molar-refractivity contribution < 1.29 is 9.63 Å². The molecule has 0 heterocycles. The lowest BCUT2D eigenvalue weighted by Crippen LogP contribution is -2.31. The molecule has 0 fully saturated rings. The standard InChI is InChI=1S/C17H33NO2/c1-4-7-9-10-11-12-13-15-17(19)18(6-3)20-16-14-8-5-2/h4H,1,5-16H2,2-3H3. The van der Waals surface area contributed by atoms with E-state index in [1.54, 1.807) is 0 Å². The molecule has 0 saturated carbocycles. The second-order valence-corrected chi connectivity index (χ2v) is 5.22. The first-order valence-corrected chi connectivity index (χ1v) is 8.30. The fourth-order valence-corrected chi connectivity index (χ4v) is 2.09. The summed E-state index contributed by atoms with van der Waals surface area (Å²) < 4.78 is 0. The van der Waals surface area contributed by atoms with Gasteiger partial charge >= 0.3 is 0 Å². The molecule has 0 bridgehead atoms. The van der Waals surface area contributed by atoms with E-state index < -0.39 is 0 Å². The number of carbonyl (C=O) groups is 1. The van der Waals surface area contributed by atoms with Crippen LogP contribution in [-0.4, -0.2) is 24.1 Å². The van der Waals surface area contributed by atoms with Crippen LogP contribution in [0.5, 0.6) is 0 Å². The number of unbranched alkanes of at least 4 members (excludes halogenated alkanes) is 7. The quantitative estimate of drug-likeness (QED) is 0.258. The van der Waals surface area contributed by atoms with E-state index in [0.717, 1.165) is 32.1 Å². The monoisotopic (exact) mass is 283 g/mol. The molecule has 118 valence electrons. The van der Waals surface area contributed by atoms with Crippen LogP contribution >= 0.6 is 0 Å². The highest BCUT2D eigenvalue weighted by atomic mass is 16.7. The number of rotatable bonds is 14. The minimum Gasteiger partial charge on any atom is -0.273 e. The molecular formula is C17H33NO2. The smallest absolute Gasteiger partial charge is 0.246 e. The Morgan fingerprint density at radius 1 is 1.05 bits per heavy atom. The molecule has 1 amide bonds. The van der Waals surface area contributed by atoms with Crippen LogP contribution in [0.4, 0.5) is 0 Å². The number of amides is 1. The van der Waals surface area contributed by atoms with Crippen LogP contribution in [0.3, 0.4) is 0 Å². The molecule has 0 aliphatic heterocycles. The van der Waals surface area contributed by atoms with Crippen molar-refractivity contribution in [1.29, 1.82) is 0 Å². The van der Waals surface area contributed by atoms with Crippen molar-refractivity contribution in [3.63, 3.8) is 0 Å². The summed E-state index contributed by atoms with van der Waals surface area (Å²) in [6.45, 7) is 9.15. The zero-order chi connectivity index (χ0) is 15.1. The molecule has 0 N–H and O–H groups in total. The largest absolute Gasteiger partial charge is 0.273 e. The van der Waals surface area contributed by atoms with Crippen molar-refractivity contribution in [1.82, 2.24) is 5.06 Å². The number of hydrogen-bond acceptors (Lipinski definition) is 2. The average molecular weight is 283 g/mol. The molecule has 0 aromatic rings. The Morgan fingerprint density at radius 2 is 1.75 bits per heavy atom. The van der Waals surface area contributed by atoms with Crippen molar-refractivity contribution in [2.75, 3.05) is 13.2 Å². The van der Waals surface area contributed by atoms with Crippen molar-refractivity contribution in [2.24, 2.45) is 0 Å². The third-order valence-electron chi connectivity index (χ3n) is 3.36. The number of nitrogens with zero attached hydrogens (tertiary/aromatic N) is 1. The second kappa shape index (κ2) is 14.6. The van der Waals surface area contributed by atoms with Gasteiger partial charge in [-0.25, -0.2) is 5.06 Å². The van der Waals surface area contributed by atoms with Crippen LogP contribution in [0.2, 0.25) is 0 Å². The molecule has 0 aromatic carbocycles. The Balaban J connectivity index is 3.57. The second-order valence-electron chi connectivity index (χ2n) is 5.22. The van der Waals surface area contributed by atoms with E-state index in [2.05, 4.69) is 13.5 Å². The van der Waals surface area contributed by atoms with Gasteiger partial charge in [-0.05, 0) is 32.6 Å². The van der Waals surface area contributed by atoms with E-state index in [-0.39, 0.29) is 5.91 Å². The zero-order valence-corrected chi connectivity index (χ0v) is 13.5. The molecule has 0 aliphatic rings. The third kappa shape index (κ3) is 11.0. The van der Waals surface area contributed by atoms with Crippen LogP contribution in [0.1, 0.15) is 78.1 Å². The SMILES string of the molecule is C=CCCCCCCCC(=O)N(CC)OCCCCC. The maximum absolute atomic E-state index is 12.0. The number of hydrogen-bond donors (Lipinski definition) is 0. The van der Waals surface area contributed by atoms with Crippen LogP contribution < -0.4 is 0 Å². The Morgan fingerprint density at radius 3 is 2.40 bits per heavy atom. The van der Waals surface area contributed by atoms with Gasteiger partial charge in [0, 0.05) is 13.0 Å². The summed E-state index contributed by atoms with van der Waals surface area (Å²) in [6, 6.07) is 0. The Labute approximate surface area is 125 Å². The predicted molar refractivity (Wildman–Crippen MR) is 85.4 cm³/mol. The first kappa shape index (κ1) is 19.2. The molecular weight excluding hydrogens is 250 g/mol. The summed E-state index contributed by atoms with van der Waals surface area (Å²) in [4.78, 5) is 17.5. The van der Waals surface area contributed by atoms with Gasteiger partial charge in [0.25, 0.3) is 0 Å². The minimum atomic E-state index is 0.134. The van der Waals surface area contributed by atoms with Crippen molar-refractivity contribution in [2.45, 2.75) is 78.1 Å². The van der Waals surface area contributed by atoms with E-state index >= 15 is 0 Å². The number of hydroxylamine groups is 2. The lowest BCUT2D eigenvalue weighted by atomic mass is 10.1. The number of carbonyl (C=O) groups excluding carboxylic acids is 1. The van der Waals surface area contributed by atoms with Gasteiger partial charge in [-0.2, -0.15) is 0 Å². The molecule has 0 radical (unpaired) electrons. The molecule has 0 rings (SSSR count). The van der Waals surface area contributed by atoms with Crippen LogP contribution in [-0.2, 0) is 9.63 Å². The van der Waals surface area contributed by atoms with Gasteiger partial charge in [-0.3, -0.25) is 9.63 Å². The molecule has 0 saturated heterocycles. The fourth-order valence-electron chi connectivity index (χ4n) is 2.09. The maximum Gasteiger partial charge on any atom is 0.246 e. The van der Waals surface area contributed by atoms with Crippen molar-refractivity contribution in [3.05, 3.63) is 12.7 Å². The average Bonchev–Trinajstić information content (AvgIpc) is 2.46. The first-order valence-electron chi connectivity index (χ1n) is 8.30. The maximum atomic E-state index is 12.0. The predicted octanol–water partition coefficient (Wildman–Crippen LogP) is 4.87. The van der Waals surface area contributed by atoms with Crippen LogP contribution in [0.15, 0.2) is 12.7 Å². The molecule has 20 heavy (non-hydrogen) atoms. The Hall–Kier alpha value is -0.830. The first-order chi connectivity index (χ1) is 9.76. The fraction of sp³-hybridized carbons (Fsp3) is 0.824. The summed E-state index contributed by atoms with van der Waals surface area (Å²) in [5, 5.41) is 1.54. The van der Waals surface area contributed by atoms with Gasteiger partial charge < -0.3 is 0 Å². The van der Waals surface area contributed by atoms with Gasteiger partial charge in [0.2, 0.25) is 5.91 Å². The highest BCUT2D eigenvalue weighted by Crippen LogP contribution is 2.09. The van der Waals surface area contributed by atoms with Crippen molar-refractivity contribution in [3.8, 4) is 0 Å². The van der Waals surface area contributed by atoms with Gasteiger partial charge in [0.15, 0.2) is 0 Å². The van der Waals surface area contributed by atoms with E-state index in [4.69, 9.17) is 4.84 Å².